The number of nitrogens with zero attached hydrogens (tertiary/aromatic N) is 1. The Balaban J connectivity index is 1.24. The number of hydrogen-bond donors (Lipinski definition) is 0. The molecule has 2 heteroatoms. The van der Waals surface area contributed by atoms with E-state index in [-0.39, 0.29) is 0 Å². The fraction of sp³-hybridized carbons (Fsp3) is 0. The largest absolute Gasteiger partial charge is 0.309 e. The van der Waals surface area contributed by atoms with E-state index >= 15 is 0 Å². The predicted octanol–water partition coefficient (Wildman–Crippen LogP) is 13.3. The molecule has 1 aliphatic carbocycles. The molecule has 0 saturated heterocycles. The summed E-state index contributed by atoms with van der Waals surface area (Å²) in [5, 5.41) is 8.03. The molecule has 0 N–H and O–H groups in total. The second kappa shape index (κ2) is 9.78. The Morgan fingerprint density at radius 1 is 0.375 bits per heavy atom. The number of rotatable bonds is 3. The zero-order chi connectivity index (χ0) is 31.3. The Labute approximate surface area is 281 Å². The highest BCUT2D eigenvalue weighted by molar-refractivity contribution is 7.26. The van der Waals surface area contributed by atoms with Crippen LogP contribution in [0.25, 0.3) is 103 Å². The summed E-state index contributed by atoms with van der Waals surface area (Å²) in [6, 6.07) is 60.5. The minimum Gasteiger partial charge on any atom is -0.309 e. The third-order valence-corrected chi connectivity index (χ3v) is 11.5. The van der Waals surface area contributed by atoms with Gasteiger partial charge in [-0.3, -0.25) is 0 Å². The van der Waals surface area contributed by atoms with Crippen LogP contribution in [0.5, 0.6) is 0 Å². The molecule has 0 bridgehead atoms. The summed E-state index contributed by atoms with van der Waals surface area (Å²) >= 11 is 1.90. The lowest BCUT2D eigenvalue weighted by atomic mass is 9.91. The van der Waals surface area contributed by atoms with Gasteiger partial charge in [0.15, 0.2) is 0 Å². The van der Waals surface area contributed by atoms with Crippen LogP contribution in [0.15, 0.2) is 164 Å². The summed E-state index contributed by atoms with van der Waals surface area (Å²) in [6.07, 6.45) is 0. The van der Waals surface area contributed by atoms with Gasteiger partial charge in [-0.25, -0.2) is 0 Å². The summed E-state index contributed by atoms with van der Waals surface area (Å²) < 4.78 is 5.16. The van der Waals surface area contributed by atoms with Crippen LogP contribution in [0, 0.1) is 0 Å². The van der Waals surface area contributed by atoms with E-state index in [9.17, 15) is 0 Å². The number of hydrogen-bond acceptors (Lipinski definition) is 1. The maximum atomic E-state index is 2.50. The molecule has 0 fully saturated rings. The summed E-state index contributed by atoms with van der Waals surface area (Å²) in [7, 11) is 0. The Kier molecular flexibility index (Phi) is 5.32. The van der Waals surface area contributed by atoms with Crippen molar-refractivity contribution in [2.75, 3.05) is 0 Å². The monoisotopic (exact) mass is 625 g/mol. The van der Waals surface area contributed by atoms with Crippen LogP contribution < -0.4 is 0 Å². The molecular formula is C46H27NS. The Morgan fingerprint density at radius 2 is 1.00 bits per heavy atom. The molecule has 0 aliphatic heterocycles. The predicted molar refractivity (Wildman–Crippen MR) is 206 cm³/mol. The molecule has 0 unspecified atom stereocenters. The highest BCUT2D eigenvalue weighted by Crippen LogP contribution is 2.54. The third kappa shape index (κ3) is 3.50. The van der Waals surface area contributed by atoms with Gasteiger partial charge in [-0.15, -0.1) is 11.3 Å². The number of fused-ring (bicyclic) bond motifs is 6. The van der Waals surface area contributed by atoms with Crippen molar-refractivity contribution in [1.82, 2.24) is 4.57 Å². The molecule has 222 valence electrons. The molecule has 0 spiro atoms. The van der Waals surface area contributed by atoms with Crippen LogP contribution in [0.4, 0.5) is 0 Å². The van der Waals surface area contributed by atoms with E-state index in [2.05, 4.69) is 168 Å². The van der Waals surface area contributed by atoms with E-state index in [0.29, 0.717) is 0 Å². The van der Waals surface area contributed by atoms with Crippen molar-refractivity contribution in [3.63, 3.8) is 0 Å². The van der Waals surface area contributed by atoms with Crippen LogP contribution in [0.1, 0.15) is 0 Å². The van der Waals surface area contributed by atoms with Crippen molar-refractivity contribution in [2.24, 2.45) is 0 Å². The maximum Gasteiger partial charge on any atom is 0.0562 e. The standard InChI is InChI=1S/C46H27NS/c1-2-11-28(12-3-1)32-15-4-5-16-33(32)29-23-25-31(26-24-29)47-38-21-10-19-35-34-18-8-13-30-14-9-20-37(42(30)34)45-44-36-17-6-7-22-40(36)48-41(44)27-39(47)46(45)43(35)38/h1-27H. The molecule has 1 aliphatic rings. The van der Waals surface area contributed by atoms with Gasteiger partial charge >= 0.3 is 0 Å². The van der Waals surface area contributed by atoms with E-state index in [1.165, 1.54) is 103 Å². The van der Waals surface area contributed by atoms with Gasteiger partial charge in [0.05, 0.1) is 11.0 Å². The lowest BCUT2D eigenvalue weighted by Crippen LogP contribution is -1.95. The van der Waals surface area contributed by atoms with E-state index in [0.717, 1.165) is 0 Å². The van der Waals surface area contributed by atoms with Crippen molar-refractivity contribution >= 4 is 64.1 Å². The zero-order valence-corrected chi connectivity index (χ0v) is 26.8. The minimum atomic E-state index is 1.17. The Bertz CT molecular complexity index is 2920. The molecule has 2 aromatic heterocycles. The molecule has 0 saturated carbocycles. The first-order valence-corrected chi connectivity index (χ1v) is 17.3. The van der Waals surface area contributed by atoms with Crippen molar-refractivity contribution in [3.05, 3.63) is 164 Å². The molecule has 1 nitrogen and oxygen atoms in total. The van der Waals surface area contributed by atoms with Gasteiger partial charge in [-0.1, -0.05) is 133 Å². The first kappa shape index (κ1) is 26.1. The quantitative estimate of drug-likeness (QED) is 0.184. The average molecular weight is 626 g/mol. The number of aromatic nitrogens is 1. The first-order valence-electron chi connectivity index (χ1n) is 16.5. The van der Waals surface area contributed by atoms with Gasteiger partial charge in [0.25, 0.3) is 0 Å². The van der Waals surface area contributed by atoms with Gasteiger partial charge in [-0.05, 0) is 80.0 Å². The van der Waals surface area contributed by atoms with Crippen molar-refractivity contribution in [2.45, 2.75) is 0 Å². The van der Waals surface area contributed by atoms with Gasteiger partial charge in [0.1, 0.15) is 0 Å². The van der Waals surface area contributed by atoms with Crippen molar-refractivity contribution in [3.8, 4) is 50.2 Å². The van der Waals surface area contributed by atoms with Crippen LogP contribution in [0.3, 0.4) is 0 Å². The van der Waals surface area contributed by atoms with Crippen LogP contribution in [-0.2, 0) is 0 Å². The average Bonchev–Trinajstić information content (AvgIpc) is 3.65. The molecule has 0 amide bonds. The van der Waals surface area contributed by atoms with E-state index in [1.54, 1.807) is 0 Å². The van der Waals surface area contributed by atoms with E-state index in [1.807, 2.05) is 11.3 Å². The normalized spacial score (nSPS) is 12.2. The second-order valence-electron chi connectivity index (χ2n) is 12.8. The highest BCUT2D eigenvalue weighted by atomic mass is 32.1. The number of thiophene rings is 1. The summed E-state index contributed by atoms with van der Waals surface area (Å²) in [6.45, 7) is 0. The van der Waals surface area contributed by atoms with Gasteiger partial charge in [0, 0.05) is 42.2 Å². The minimum absolute atomic E-state index is 1.17. The lowest BCUT2D eigenvalue weighted by Gasteiger charge is -2.15. The van der Waals surface area contributed by atoms with Crippen molar-refractivity contribution < 1.29 is 0 Å². The molecule has 0 atom stereocenters. The van der Waals surface area contributed by atoms with Gasteiger partial charge in [0.2, 0.25) is 0 Å². The van der Waals surface area contributed by atoms with Gasteiger partial charge in [-0.2, -0.15) is 0 Å². The maximum absolute atomic E-state index is 2.50. The van der Waals surface area contributed by atoms with Crippen LogP contribution in [-0.4, -0.2) is 4.57 Å². The van der Waals surface area contributed by atoms with E-state index < -0.39 is 0 Å². The first-order chi connectivity index (χ1) is 23.8. The SMILES string of the molecule is c1ccc(-c2ccccc2-c2ccc(-n3c4cccc5c4c4c(c6c(cc43)sc3ccccc36)-c3cccc4cccc-5c34)cc2)cc1. The van der Waals surface area contributed by atoms with Crippen LogP contribution >= 0.6 is 11.3 Å². The fourth-order valence-corrected chi connectivity index (χ4v) is 9.51. The third-order valence-electron chi connectivity index (χ3n) is 10.3. The highest BCUT2D eigenvalue weighted by Gasteiger charge is 2.27. The number of benzene rings is 8. The smallest absolute Gasteiger partial charge is 0.0562 e. The lowest BCUT2D eigenvalue weighted by molar-refractivity contribution is 1.18. The van der Waals surface area contributed by atoms with Crippen LogP contribution in [0.2, 0.25) is 0 Å². The molecule has 2 heterocycles. The zero-order valence-electron chi connectivity index (χ0n) is 25.9. The molecule has 48 heavy (non-hydrogen) atoms. The summed E-state index contributed by atoms with van der Waals surface area (Å²) in [5.41, 5.74) is 13.9. The van der Waals surface area contributed by atoms with E-state index in [4.69, 9.17) is 0 Å². The molecule has 0 radical (unpaired) electrons. The summed E-state index contributed by atoms with van der Waals surface area (Å²) in [5.74, 6) is 0. The molecule has 8 aromatic carbocycles. The Hall–Kier alpha value is -5.96. The Morgan fingerprint density at radius 3 is 1.79 bits per heavy atom. The second-order valence-corrected chi connectivity index (χ2v) is 13.9. The topological polar surface area (TPSA) is 4.93 Å². The molecule has 10 aromatic rings. The molecular weight excluding hydrogens is 599 g/mol. The van der Waals surface area contributed by atoms with Crippen molar-refractivity contribution in [1.29, 1.82) is 0 Å². The summed E-state index contributed by atoms with van der Waals surface area (Å²) in [4.78, 5) is 0. The van der Waals surface area contributed by atoms with Gasteiger partial charge < -0.3 is 4.57 Å². The molecule has 11 rings (SSSR count). The fourth-order valence-electron chi connectivity index (χ4n) is 8.36.